The van der Waals surface area contributed by atoms with Crippen LogP contribution in [0.1, 0.15) is 58.3 Å². The molecule has 0 saturated heterocycles. The molecule has 1 amide bonds. The molecule has 0 aliphatic heterocycles. The van der Waals surface area contributed by atoms with Gasteiger partial charge in [0.15, 0.2) is 5.96 Å². The Morgan fingerprint density at radius 2 is 1.65 bits per heavy atom. The highest BCUT2D eigenvalue weighted by atomic mass is 127. The molecule has 134 valence electrons. The Balaban J connectivity index is 0.00000264. The average Bonchev–Trinajstić information content (AvgIpc) is 2.99. The molecule has 6 heteroatoms. The number of halogens is 1. The second-order valence-electron chi connectivity index (χ2n) is 7.09. The Bertz CT molecular complexity index is 394. The van der Waals surface area contributed by atoms with Gasteiger partial charge in [-0.15, -0.1) is 24.0 Å². The maximum Gasteiger partial charge on any atom is 0.243 e. The molecule has 0 aromatic carbocycles. The third-order valence-electron chi connectivity index (χ3n) is 5.00. The van der Waals surface area contributed by atoms with E-state index in [9.17, 15) is 4.79 Å². The number of guanidine groups is 1. The monoisotopic (exact) mass is 436 g/mol. The fourth-order valence-corrected chi connectivity index (χ4v) is 3.39. The summed E-state index contributed by atoms with van der Waals surface area (Å²) in [6.07, 6.45) is 10.1. The van der Waals surface area contributed by atoms with E-state index < -0.39 is 0 Å². The van der Waals surface area contributed by atoms with Crippen LogP contribution < -0.4 is 10.6 Å². The normalized spacial score (nSPS) is 25.6. The number of hydrogen-bond acceptors (Lipinski definition) is 2. The van der Waals surface area contributed by atoms with Crippen LogP contribution >= 0.6 is 24.0 Å². The lowest BCUT2D eigenvalue weighted by molar-refractivity contribution is -0.127. The summed E-state index contributed by atoms with van der Waals surface area (Å²) >= 11 is 0. The van der Waals surface area contributed by atoms with Crippen molar-refractivity contribution < 1.29 is 4.79 Å². The van der Waals surface area contributed by atoms with Gasteiger partial charge in [-0.25, -0.2) is 4.99 Å². The van der Waals surface area contributed by atoms with Gasteiger partial charge in [-0.2, -0.15) is 0 Å². The summed E-state index contributed by atoms with van der Waals surface area (Å²) in [5.74, 6) is 1.55. The molecule has 23 heavy (non-hydrogen) atoms. The predicted molar refractivity (Wildman–Crippen MR) is 106 cm³/mol. The summed E-state index contributed by atoms with van der Waals surface area (Å²) in [7, 11) is 3.55. The van der Waals surface area contributed by atoms with E-state index in [0.29, 0.717) is 18.0 Å². The maximum atomic E-state index is 11.8. The molecule has 2 N–H and O–H groups in total. The summed E-state index contributed by atoms with van der Waals surface area (Å²) in [4.78, 5) is 17.9. The molecular weight excluding hydrogens is 403 g/mol. The smallest absolute Gasteiger partial charge is 0.243 e. The molecule has 2 aliphatic rings. The largest absolute Gasteiger partial charge is 0.354 e. The summed E-state index contributed by atoms with van der Waals surface area (Å²) in [6, 6.07) is 0.996. The van der Waals surface area contributed by atoms with E-state index in [1.165, 1.54) is 51.4 Å². The zero-order chi connectivity index (χ0) is 15.9. The molecule has 0 bridgehead atoms. The number of carbonyl (C=O) groups excluding carboxylic acids is 1. The van der Waals surface area contributed by atoms with Gasteiger partial charge < -0.3 is 15.5 Å². The molecule has 2 aliphatic carbocycles. The van der Waals surface area contributed by atoms with Crippen LogP contribution in [0.5, 0.6) is 0 Å². The number of carbonyl (C=O) groups is 1. The Labute approximate surface area is 158 Å². The summed E-state index contributed by atoms with van der Waals surface area (Å²) in [5, 5.41) is 7.14. The van der Waals surface area contributed by atoms with E-state index >= 15 is 0 Å². The Morgan fingerprint density at radius 1 is 1.04 bits per heavy atom. The first-order valence-electron chi connectivity index (χ1n) is 8.84. The van der Waals surface area contributed by atoms with Gasteiger partial charge in [-0.1, -0.05) is 32.6 Å². The van der Waals surface area contributed by atoms with Gasteiger partial charge in [-0.05, 0) is 31.6 Å². The molecule has 5 nitrogen and oxygen atoms in total. The fourth-order valence-electron chi connectivity index (χ4n) is 3.39. The van der Waals surface area contributed by atoms with Gasteiger partial charge in [0.05, 0.1) is 0 Å². The number of rotatable bonds is 4. The van der Waals surface area contributed by atoms with Gasteiger partial charge in [0.2, 0.25) is 5.91 Å². The van der Waals surface area contributed by atoms with Gasteiger partial charge in [0, 0.05) is 26.2 Å². The number of hydrogen-bond donors (Lipinski definition) is 2. The van der Waals surface area contributed by atoms with Crippen molar-refractivity contribution in [2.24, 2.45) is 10.9 Å². The first kappa shape index (κ1) is 20.5. The Kier molecular flexibility index (Phi) is 9.24. The zero-order valence-corrected chi connectivity index (χ0v) is 17.1. The quantitative estimate of drug-likeness (QED) is 0.405. The van der Waals surface area contributed by atoms with Crippen molar-refractivity contribution >= 4 is 35.8 Å². The molecular formula is C17H33IN4O. The van der Waals surface area contributed by atoms with E-state index in [2.05, 4.69) is 22.5 Å². The highest BCUT2D eigenvalue weighted by Crippen LogP contribution is 2.24. The highest BCUT2D eigenvalue weighted by Gasteiger charge is 2.24. The van der Waals surface area contributed by atoms with Crippen molar-refractivity contribution in [2.75, 3.05) is 20.6 Å². The van der Waals surface area contributed by atoms with Crippen molar-refractivity contribution in [1.82, 2.24) is 15.5 Å². The summed E-state index contributed by atoms with van der Waals surface area (Å²) in [6.45, 7) is 2.53. The fraction of sp³-hybridized carbons (Fsp3) is 0.882. The molecule has 0 aromatic rings. The van der Waals surface area contributed by atoms with E-state index in [-0.39, 0.29) is 36.4 Å². The van der Waals surface area contributed by atoms with E-state index in [4.69, 9.17) is 0 Å². The predicted octanol–water partition coefficient (Wildman–Crippen LogP) is 2.75. The lowest BCUT2D eigenvalue weighted by atomic mass is 9.86. The minimum atomic E-state index is 0. The lowest BCUT2D eigenvalue weighted by Crippen LogP contribution is -2.50. The number of nitrogens with one attached hydrogen (secondary N) is 2. The van der Waals surface area contributed by atoms with Crippen LogP contribution in [0.15, 0.2) is 4.99 Å². The van der Waals surface area contributed by atoms with Crippen LogP contribution in [-0.2, 0) is 4.79 Å². The molecule has 2 rings (SSSR count). The maximum absolute atomic E-state index is 11.8. The molecule has 2 fully saturated rings. The van der Waals surface area contributed by atoms with Crippen LogP contribution in [0, 0.1) is 5.92 Å². The minimum absolute atomic E-state index is 0. The number of nitrogens with zero attached hydrogens (tertiary/aromatic N) is 2. The highest BCUT2D eigenvalue weighted by molar-refractivity contribution is 14.0. The molecule has 0 aromatic heterocycles. The van der Waals surface area contributed by atoms with Crippen LogP contribution in [0.25, 0.3) is 0 Å². The second-order valence-corrected chi connectivity index (χ2v) is 7.09. The van der Waals surface area contributed by atoms with Crippen molar-refractivity contribution in [2.45, 2.75) is 70.4 Å². The SMILES string of the molecule is CC1CCCCC1NC(=NCC(=O)N(C)C)NC1CCCC1.I. The van der Waals surface area contributed by atoms with Gasteiger partial charge >= 0.3 is 0 Å². The third kappa shape index (κ3) is 6.85. The number of amides is 1. The molecule has 2 unspecified atom stereocenters. The number of aliphatic imine (C=N–C) groups is 1. The molecule has 0 radical (unpaired) electrons. The van der Waals surface area contributed by atoms with Crippen LogP contribution in [0.2, 0.25) is 0 Å². The minimum Gasteiger partial charge on any atom is -0.354 e. The molecule has 2 atom stereocenters. The Morgan fingerprint density at radius 3 is 2.26 bits per heavy atom. The summed E-state index contributed by atoms with van der Waals surface area (Å²) in [5.41, 5.74) is 0. The molecule has 0 heterocycles. The Hall–Kier alpha value is -0.530. The molecule has 0 spiro atoms. The second kappa shape index (κ2) is 10.4. The van der Waals surface area contributed by atoms with Crippen molar-refractivity contribution in [3.63, 3.8) is 0 Å². The van der Waals surface area contributed by atoms with E-state index in [1.807, 2.05) is 0 Å². The van der Waals surface area contributed by atoms with Crippen molar-refractivity contribution in [3.8, 4) is 0 Å². The van der Waals surface area contributed by atoms with Crippen LogP contribution in [0.3, 0.4) is 0 Å². The first-order chi connectivity index (χ1) is 10.6. The van der Waals surface area contributed by atoms with Gasteiger partial charge in [-0.3, -0.25) is 4.79 Å². The van der Waals surface area contributed by atoms with Gasteiger partial charge in [0.1, 0.15) is 6.54 Å². The summed E-state index contributed by atoms with van der Waals surface area (Å²) < 4.78 is 0. The van der Waals surface area contributed by atoms with Crippen molar-refractivity contribution in [1.29, 1.82) is 0 Å². The topological polar surface area (TPSA) is 56.7 Å². The van der Waals surface area contributed by atoms with E-state index in [1.54, 1.807) is 19.0 Å². The standard InChI is InChI=1S/C17H32N4O.HI/c1-13-8-4-7-11-15(13)20-17(18-12-16(22)21(2)3)19-14-9-5-6-10-14;/h13-15H,4-12H2,1-3H3,(H2,18,19,20);1H. The van der Waals surface area contributed by atoms with Gasteiger partial charge in [0.25, 0.3) is 0 Å². The third-order valence-corrected chi connectivity index (χ3v) is 5.00. The van der Waals surface area contributed by atoms with Crippen molar-refractivity contribution in [3.05, 3.63) is 0 Å². The first-order valence-corrected chi connectivity index (χ1v) is 8.84. The molecule has 2 saturated carbocycles. The van der Waals surface area contributed by atoms with Crippen LogP contribution in [-0.4, -0.2) is 49.5 Å². The van der Waals surface area contributed by atoms with Crippen LogP contribution in [0.4, 0.5) is 0 Å². The number of likely N-dealkylation sites (N-methyl/N-ethyl adjacent to an activating group) is 1. The average molecular weight is 436 g/mol. The zero-order valence-electron chi connectivity index (χ0n) is 14.8. The lowest BCUT2D eigenvalue weighted by Gasteiger charge is -2.31. The van der Waals surface area contributed by atoms with E-state index in [0.717, 1.165) is 5.96 Å².